The zero-order valence-electron chi connectivity index (χ0n) is 7.99. The lowest BCUT2D eigenvalue weighted by Gasteiger charge is -2.15. The van der Waals surface area contributed by atoms with Crippen LogP contribution in [0.1, 0.15) is 12.8 Å². The molecule has 1 rings (SSSR count). The summed E-state index contributed by atoms with van der Waals surface area (Å²) >= 11 is 0. The molecule has 0 bridgehead atoms. The number of methoxy groups -OCH3 is 1. The molecule has 0 amide bonds. The number of hydrogen-bond acceptors (Lipinski definition) is 4. The van der Waals surface area contributed by atoms with Crippen molar-refractivity contribution in [2.45, 2.75) is 12.8 Å². The third-order valence-corrected chi connectivity index (χ3v) is 2.46. The molecule has 2 N–H and O–H groups in total. The van der Waals surface area contributed by atoms with Gasteiger partial charge in [-0.2, -0.15) is 0 Å². The van der Waals surface area contributed by atoms with E-state index >= 15 is 0 Å². The van der Waals surface area contributed by atoms with Crippen LogP contribution in [-0.4, -0.2) is 32.8 Å². The molecular weight excluding hydrogens is 170 g/mol. The van der Waals surface area contributed by atoms with Crippen LogP contribution in [0.25, 0.3) is 0 Å². The molecule has 1 aliphatic heterocycles. The Bertz CT molecular complexity index is 166. The molecule has 1 aliphatic rings. The van der Waals surface area contributed by atoms with Gasteiger partial charge in [0.15, 0.2) is 0 Å². The maximum atomic E-state index is 11.2. The highest BCUT2D eigenvalue weighted by Gasteiger charge is 2.24. The third kappa shape index (κ3) is 2.97. The van der Waals surface area contributed by atoms with Crippen LogP contribution in [0.2, 0.25) is 0 Å². The quantitative estimate of drug-likeness (QED) is 0.637. The first-order valence-electron chi connectivity index (χ1n) is 4.63. The average Bonchev–Trinajstić information content (AvgIpc) is 2.65. The Kier molecular flexibility index (Phi) is 4.18. The van der Waals surface area contributed by atoms with Crippen molar-refractivity contribution in [1.29, 1.82) is 0 Å². The van der Waals surface area contributed by atoms with Gasteiger partial charge in [-0.25, -0.2) is 0 Å². The van der Waals surface area contributed by atoms with Crippen LogP contribution in [-0.2, 0) is 14.3 Å². The molecule has 0 aromatic rings. The summed E-state index contributed by atoms with van der Waals surface area (Å²) in [7, 11) is 1.40. The normalized spacial score (nSPS) is 24.3. The number of ether oxygens (including phenoxy) is 2. The van der Waals surface area contributed by atoms with Gasteiger partial charge in [-0.15, -0.1) is 0 Å². The molecule has 1 fully saturated rings. The van der Waals surface area contributed by atoms with Crippen molar-refractivity contribution in [1.82, 2.24) is 0 Å². The molecule has 1 heterocycles. The number of nitrogens with two attached hydrogens (primary N) is 1. The summed E-state index contributed by atoms with van der Waals surface area (Å²) in [5, 5.41) is 0. The van der Waals surface area contributed by atoms with Crippen molar-refractivity contribution < 1.29 is 14.3 Å². The van der Waals surface area contributed by atoms with E-state index in [9.17, 15) is 4.79 Å². The summed E-state index contributed by atoms with van der Waals surface area (Å²) in [6.07, 6.45) is 1.83. The monoisotopic (exact) mass is 187 g/mol. The van der Waals surface area contributed by atoms with E-state index < -0.39 is 0 Å². The van der Waals surface area contributed by atoms with Gasteiger partial charge in [0, 0.05) is 19.8 Å². The van der Waals surface area contributed by atoms with E-state index in [0.717, 1.165) is 26.1 Å². The predicted octanol–water partition coefficient (Wildman–Crippen LogP) is 0.161. The van der Waals surface area contributed by atoms with Crippen molar-refractivity contribution in [3.8, 4) is 0 Å². The van der Waals surface area contributed by atoms with Gasteiger partial charge in [-0.05, 0) is 18.8 Å². The third-order valence-electron chi connectivity index (χ3n) is 2.46. The molecule has 0 aromatic carbocycles. The van der Waals surface area contributed by atoms with Crippen molar-refractivity contribution in [3.63, 3.8) is 0 Å². The summed E-state index contributed by atoms with van der Waals surface area (Å²) in [6, 6.07) is 0. The number of esters is 1. The van der Waals surface area contributed by atoms with Gasteiger partial charge in [0.25, 0.3) is 0 Å². The van der Waals surface area contributed by atoms with Crippen LogP contribution < -0.4 is 5.73 Å². The Balaban J connectivity index is 2.33. The van der Waals surface area contributed by atoms with Crippen molar-refractivity contribution in [2.75, 3.05) is 26.9 Å². The molecule has 76 valence electrons. The lowest BCUT2D eigenvalue weighted by atomic mass is 9.94. The predicted molar refractivity (Wildman–Crippen MR) is 48.1 cm³/mol. The summed E-state index contributed by atoms with van der Waals surface area (Å²) in [6.45, 7) is 1.93. The van der Waals surface area contributed by atoms with E-state index in [-0.39, 0.29) is 11.9 Å². The molecule has 4 nitrogen and oxygen atoms in total. The summed E-state index contributed by atoms with van der Waals surface area (Å²) in [5.74, 6) is 0.124. The Morgan fingerprint density at radius 2 is 2.54 bits per heavy atom. The van der Waals surface area contributed by atoms with Crippen LogP contribution in [0.5, 0.6) is 0 Å². The Morgan fingerprint density at radius 1 is 1.77 bits per heavy atom. The highest BCUT2D eigenvalue weighted by Crippen LogP contribution is 2.21. The maximum Gasteiger partial charge on any atom is 0.309 e. The van der Waals surface area contributed by atoms with Gasteiger partial charge >= 0.3 is 5.97 Å². The highest BCUT2D eigenvalue weighted by atomic mass is 16.5. The zero-order valence-corrected chi connectivity index (χ0v) is 7.99. The molecule has 1 saturated heterocycles. The zero-order chi connectivity index (χ0) is 9.68. The van der Waals surface area contributed by atoms with E-state index in [0.29, 0.717) is 12.5 Å². The fourth-order valence-electron chi connectivity index (χ4n) is 1.63. The average molecular weight is 187 g/mol. The van der Waals surface area contributed by atoms with Gasteiger partial charge in [0.05, 0.1) is 13.0 Å². The Labute approximate surface area is 78.4 Å². The summed E-state index contributed by atoms with van der Waals surface area (Å²) in [5.41, 5.74) is 5.49. The van der Waals surface area contributed by atoms with Crippen molar-refractivity contribution in [2.24, 2.45) is 17.6 Å². The number of hydrogen-bond donors (Lipinski definition) is 1. The lowest BCUT2D eigenvalue weighted by Crippen LogP contribution is -2.27. The van der Waals surface area contributed by atoms with Crippen LogP contribution in [0.15, 0.2) is 0 Å². The maximum absolute atomic E-state index is 11.2. The first-order valence-corrected chi connectivity index (χ1v) is 4.63. The fourth-order valence-corrected chi connectivity index (χ4v) is 1.63. The molecule has 0 radical (unpaired) electrons. The van der Waals surface area contributed by atoms with Gasteiger partial charge in [-0.1, -0.05) is 0 Å². The molecule has 0 spiro atoms. The first kappa shape index (κ1) is 10.5. The van der Waals surface area contributed by atoms with E-state index in [1.165, 1.54) is 7.11 Å². The van der Waals surface area contributed by atoms with Crippen LogP contribution in [0, 0.1) is 11.8 Å². The van der Waals surface area contributed by atoms with Gasteiger partial charge in [-0.3, -0.25) is 4.79 Å². The topological polar surface area (TPSA) is 61.5 Å². The molecule has 0 unspecified atom stereocenters. The molecular formula is C9H17NO3. The molecule has 0 aromatic heterocycles. The van der Waals surface area contributed by atoms with E-state index in [4.69, 9.17) is 10.5 Å². The molecule has 2 atom stereocenters. The Morgan fingerprint density at radius 3 is 3.00 bits per heavy atom. The SMILES string of the molecule is COC(=O)[C@H](CN)C[C@@H]1CCOC1. The first-order chi connectivity index (χ1) is 6.27. The lowest BCUT2D eigenvalue weighted by molar-refractivity contribution is -0.145. The summed E-state index contributed by atoms with van der Waals surface area (Å²) in [4.78, 5) is 11.2. The van der Waals surface area contributed by atoms with Crippen molar-refractivity contribution >= 4 is 5.97 Å². The second-order valence-electron chi connectivity index (χ2n) is 3.42. The van der Waals surface area contributed by atoms with E-state index in [1.54, 1.807) is 0 Å². The van der Waals surface area contributed by atoms with Gasteiger partial charge < -0.3 is 15.2 Å². The molecule has 0 aliphatic carbocycles. The largest absolute Gasteiger partial charge is 0.469 e. The molecule has 0 saturated carbocycles. The molecule has 13 heavy (non-hydrogen) atoms. The second-order valence-corrected chi connectivity index (χ2v) is 3.42. The smallest absolute Gasteiger partial charge is 0.309 e. The minimum Gasteiger partial charge on any atom is -0.469 e. The minimum absolute atomic E-state index is 0.156. The number of rotatable bonds is 4. The standard InChI is InChI=1S/C9H17NO3/c1-12-9(11)8(5-10)4-7-2-3-13-6-7/h7-8H,2-6,10H2,1H3/t7-,8-/m0/s1. The van der Waals surface area contributed by atoms with Crippen LogP contribution in [0.4, 0.5) is 0 Å². The van der Waals surface area contributed by atoms with E-state index in [1.807, 2.05) is 0 Å². The second kappa shape index (κ2) is 5.19. The van der Waals surface area contributed by atoms with Crippen molar-refractivity contribution in [3.05, 3.63) is 0 Å². The Hall–Kier alpha value is -0.610. The molecule has 4 heteroatoms. The van der Waals surface area contributed by atoms with Gasteiger partial charge in [0.2, 0.25) is 0 Å². The minimum atomic E-state index is -0.200. The summed E-state index contributed by atoms with van der Waals surface area (Å²) < 4.78 is 9.88. The fraction of sp³-hybridized carbons (Fsp3) is 0.889. The highest BCUT2D eigenvalue weighted by molar-refractivity contribution is 5.72. The van der Waals surface area contributed by atoms with E-state index in [2.05, 4.69) is 4.74 Å². The number of carbonyl (C=O) groups is 1. The van der Waals surface area contributed by atoms with Crippen LogP contribution in [0.3, 0.4) is 0 Å². The van der Waals surface area contributed by atoms with Gasteiger partial charge in [0.1, 0.15) is 0 Å². The van der Waals surface area contributed by atoms with Crippen LogP contribution >= 0.6 is 0 Å². The number of carbonyl (C=O) groups excluding carboxylic acids is 1.